The van der Waals surface area contributed by atoms with Crippen molar-refractivity contribution in [3.63, 3.8) is 0 Å². The van der Waals surface area contributed by atoms with E-state index in [1.54, 1.807) is 6.92 Å². The Hall–Kier alpha value is -1.74. The molecule has 0 atom stereocenters. The fourth-order valence-electron chi connectivity index (χ4n) is 2.48. The van der Waals surface area contributed by atoms with Crippen molar-refractivity contribution in [1.29, 1.82) is 5.26 Å². The summed E-state index contributed by atoms with van der Waals surface area (Å²) in [6.07, 6.45) is 3.75. The van der Waals surface area contributed by atoms with Crippen LogP contribution in [0.1, 0.15) is 48.3 Å². The number of ether oxygens (including phenoxy) is 1. The standard InChI is InChI=1S/C15H21N3O2S/c1-3-18(9-10-6-5-7-10)14-12(15(19)20-4-2)13(17)11(8-16)21-14/h10H,3-7,9,17H2,1-2H3. The van der Waals surface area contributed by atoms with E-state index in [0.717, 1.165) is 18.1 Å². The number of nitrogens with zero attached hydrogens (tertiary/aromatic N) is 2. The molecule has 0 saturated heterocycles. The average Bonchev–Trinajstić information content (AvgIpc) is 2.75. The van der Waals surface area contributed by atoms with Crippen molar-refractivity contribution >= 4 is 28.0 Å². The monoisotopic (exact) mass is 307 g/mol. The molecule has 0 amide bonds. The van der Waals surface area contributed by atoms with Crippen LogP contribution in [0.15, 0.2) is 0 Å². The van der Waals surface area contributed by atoms with E-state index in [-0.39, 0.29) is 5.69 Å². The summed E-state index contributed by atoms with van der Waals surface area (Å²) in [4.78, 5) is 14.7. The highest BCUT2D eigenvalue weighted by Gasteiger charge is 2.28. The van der Waals surface area contributed by atoms with Crippen LogP contribution in [0, 0.1) is 17.2 Å². The van der Waals surface area contributed by atoms with E-state index in [0.29, 0.717) is 23.0 Å². The summed E-state index contributed by atoms with van der Waals surface area (Å²) in [5.74, 6) is 0.240. The highest BCUT2D eigenvalue weighted by Crippen LogP contribution is 2.40. The van der Waals surface area contributed by atoms with Gasteiger partial charge in [-0.3, -0.25) is 0 Å². The molecule has 1 aliphatic carbocycles. The maximum Gasteiger partial charge on any atom is 0.343 e. The first-order valence-corrected chi connectivity index (χ1v) is 8.18. The highest BCUT2D eigenvalue weighted by molar-refractivity contribution is 7.17. The number of anilines is 2. The summed E-state index contributed by atoms with van der Waals surface area (Å²) in [6, 6.07) is 2.07. The molecule has 1 aliphatic rings. The minimum atomic E-state index is -0.435. The fourth-order valence-corrected chi connectivity index (χ4v) is 3.56. The number of thiophene rings is 1. The maximum absolute atomic E-state index is 12.2. The zero-order chi connectivity index (χ0) is 15.4. The molecule has 1 aromatic heterocycles. The van der Waals surface area contributed by atoms with Crippen LogP contribution in [0.3, 0.4) is 0 Å². The molecule has 1 aromatic rings. The number of carbonyl (C=O) groups is 1. The average molecular weight is 307 g/mol. The van der Waals surface area contributed by atoms with E-state index in [1.165, 1.54) is 30.6 Å². The minimum absolute atomic E-state index is 0.253. The quantitative estimate of drug-likeness (QED) is 0.817. The van der Waals surface area contributed by atoms with Crippen LogP contribution < -0.4 is 10.6 Å². The SMILES string of the molecule is CCOC(=O)c1c(N(CC)CC2CCC2)sc(C#N)c1N. The Morgan fingerprint density at radius 2 is 2.24 bits per heavy atom. The Bertz CT molecular complexity index is 558. The molecule has 0 aliphatic heterocycles. The van der Waals surface area contributed by atoms with E-state index in [9.17, 15) is 10.1 Å². The van der Waals surface area contributed by atoms with Gasteiger partial charge in [0.1, 0.15) is 21.5 Å². The lowest BCUT2D eigenvalue weighted by atomic mass is 9.85. The Kier molecular flexibility index (Phi) is 5.07. The first-order chi connectivity index (χ1) is 10.1. The molecule has 0 spiro atoms. The van der Waals surface area contributed by atoms with E-state index in [4.69, 9.17) is 10.5 Å². The lowest BCUT2D eigenvalue weighted by molar-refractivity contribution is 0.0528. The largest absolute Gasteiger partial charge is 0.462 e. The summed E-state index contributed by atoms with van der Waals surface area (Å²) >= 11 is 1.29. The van der Waals surface area contributed by atoms with Crippen molar-refractivity contribution in [2.45, 2.75) is 33.1 Å². The topological polar surface area (TPSA) is 79.3 Å². The summed E-state index contributed by atoms with van der Waals surface area (Å²) in [5, 5.41) is 9.95. The van der Waals surface area contributed by atoms with E-state index >= 15 is 0 Å². The molecule has 1 heterocycles. The Balaban J connectivity index is 2.35. The van der Waals surface area contributed by atoms with Gasteiger partial charge in [0.05, 0.1) is 12.3 Å². The molecule has 6 heteroatoms. The van der Waals surface area contributed by atoms with Crippen LogP contribution in [0.5, 0.6) is 0 Å². The second-order valence-corrected chi connectivity index (χ2v) is 6.19. The van der Waals surface area contributed by atoms with Crippen LogP contribution >= 0.6 is 11.3 Å². The van der Waals surface area contributed by atoms with Gasteiger partial charge >= 0.3 is 5.97 Å². The van der Waals surface area contributed by atoms with Gasteiger partial charge < -0.3 is 15.4 Å². The molecule has 2 rings (SSSR count). The normalized spacial score (nSPS) is 14.3. The molecule has 0 bridgehead atoms. The van der Waals surface area contributed by atoms with E-state index < -0.39 is 5.97 Å². The van der Waals surface area contributed by atoms with Crippen molar-refractivity contribution < 1.29 is 9.53 Å². The zero-order valence-corrected chi connectivity index (χ0v) is 13.3. The Morgan fingerprint density at radius 1 is 1.52 bits per heavy atom. The van der Waals surface area contributed by atoms with Gasteiger partial charge in [0, 0.05) is 13.1 Å². The van der Waals surface area contributed by atoms with Crippen molar-refractivity contribution in [3.8, 4) is 6.07 Å². The third-order valence-electron chi connectivity index (χ3n) is 3.88. The molecule has 5 nitrogen and oxygen atoms in total. The number of rotatable bonds is 6. The third kappa shape index (κ3) is 3.13. The van der Waals surface area contributed by atoms with Crippen molar-refractivity contribution in [1.82, 2.24) is 0 Å². The predicted molar refractivity (Wildman–Crippen MR) is 84.6 cm³/mol. The summed E-state index contributed by atoms with van der Waals surface area (Å²) in [7, 11) is 0. The number of hydrogen-bond donors (Lipinski definition) is 1. The van der Waals surface area contributed by atoms with Crippen molar-refractivity contribution in [3.05, 3.63) is 10.4 Å². The third-order valence-corrected chi connectivity index (χ3v) is 5.05. The fraction of sp³-hybridized carbons (Fsp3) is 0.600. The van der Waals surface area contributed by atoms with Gasteiger partial charge in [0.15, 0.2) is 0 Å². The number of hydrogen-bond acceptors (Lipinski definition) is 6. The molecule has 0 aromatic carbocycles. The molecule has 0 unspecified atom stereocenters. The lowest BCUT2D eigenvalue weighted by Gasteiger charge is -2.32. The van der Waals surface area contributed by atoms with Gasteiger partial charge in [0.25, 0.3) is 0 Å². The van der Waals surface area contributed by atoms with Crippen LogP contribution in [-0.2, 0) is 4.74 Å². The van der Waals surface area contributed by atoms with Crippen molar-refractivity contribution in [2.75, 3.05) is 30.3 Å². The summed E-state index contributed by atoms with van der Waals surface area (Å²) < 4.78 is 5.10. The molecular formula is C15H21N3O2S. The first-order valence-electron chi connectivity index (χ1n) is 7.36. The Morgan fingerprint density at radius 3 is 2.71 bits per heavy atom. The minimum Gasteiger partial charge on any atom is -0.462 e. The lowest BCUT2D eigenvalue weighted by Crippen LogP contribution is -2.32. The Labute approximate surface area is 129 Å². The summed E-state index contributed by atoms with van der Waals surface area (Å²) in [6.45, 7) is 5.80. The molecule has 0 radical (unpaired) electrons. The molecular weight excluding hydrogens is 286 g/mol. The molecule has 1 fully saturated rings. The maximum atomic E-state index is 12.2. The van der Waals surface area contributed by atoms with Gasteiger partial charge in [-0.2, -0.15) is 5.26 Å². The van der Waals surface area contributed by atoms with Crippen molar-refractivity contribution in [2.24, 2.45) is 5.92 Å². The smallest absolute Gasteiger partial charge is 0.343 e. The van der Waals surface area contributed by atoms with Crippen LogP contribution in [-0.4, -0.2) is 25.7 Å². The van der Waals surface area contributed by atoms with Crippen LogP contribution in [0.25, 0.3) is 0 Å². The van der Waals surface area contributed by atoms with Gasteiger partial charge in [-0.15, -0.1) is 11.3 Å². The van der Waals surface area contributed by atoms with E-state index in [2.05, 4.69) is 17.9 Å². The zero-order valence-electron chi connectivity index (χ0n) is 12.5. The number of nitriles is 1. The number of nitrogens with two attached hydrogens (primary N) is 1. The highest BCUT2D eigenvalue weighted by atomic mass is 32.1. The molecule has 114 valence electrons. The summed E-state index contributed by atoms with van der Waals surface area (Å²) in [5.41, 5.74) is 6.59. The molecule has 1 saturated carbocycles. The molecule has 2 N–H and O–H groups in total. The van der Waals surface area contributed by atoms with Gasteiger partial charge in [-0.1, -0.05) is 6.42 Å². The van der Waals surface area contributed by atoms with Crippen LogP contribution in [0.4, 0.5) is 10.7 Å². The first kappa shape index (κ1) is 15.6. The molecule has 21 heavy (non-hydrogen) atoms. The number of nitrogen functional groups attached to an aromatic ring is 1. The number of esters is 1. The second-order valence-electron chi connectivity index (χ2n) is 5.19. The van der Waals surface area contributed by atoms with Gasteiger partial charge in [0.2, 0.25) is 0 Å². The van der Waals surface area contributed by atoms with Gasteiger partial charge in [-0.25, -0.2) is 4.79 Å². The van der Waals surface area contributed by atoms with Gasteiger partial charge in [-0.05, 0) is 32.6 Å². The van der Waals surface area contributed by atoms with Crippen LogP contribution in [0.2, 0.25) is 0 Å². The second kappa shape index (κ2) is 6.81. The van der Waals surface area contributed by atoms with E-state index in [1.807, 2.05) is 0 Å². The number of carbonyl (C=O) groups excluding carboxylic acids is 1. The predicted octanol–water partition coefficient (Wildman–Crippen LogP) is 3.01.